The Hall–Kier alpha value is -1.09. The van der Waals surface area contributed by atoms with Crippen LogP contribution in [0.4, 0.5) is 0 Å². The zero-order chi connectivity index (χ0) is 12.1. The van der Waals surface area contributed by atoms with Gasteiger partial charge < -0.3 is 9.47 Å². The van der Waals surface area contributed by atoms with Crippen LogP contribution in [0.25, 0.3) is 0 Å². The maximum Gasteiger partial charge on any atom is 0.330 e. The Bertz CT molecular complexity index is 219. The summed E-state index contributed by atoms with van der Waals surface area (Å²) < 4.78 is 10.1. The van der Waals surface area contributed by atoms with E-state index in [2.05, 4.69) is 6.92 Å². The number of esters is 1. The van der Waals surface area contributed by atoms with Gasteiger partial charge in [0.1, 0.15) is 0 Å². The molecule has 0 aliphatic rings. The predicted octanol–water partition coefficient (Wildman–Crippen LogP) is 2.87. The van der Waals surface area contributed by atoms with E-state index in [4.69, 9.17) is 9.47 Å². The van der Waals surface area contributed by atoms with Gasteiger partial charge in [0.05, 0.1) is 13.2 Å². The Morgan fingerprint density at radius 1 is 1.19 bits per heavy atom. The first kappa shape index (κ1) is 14.9. The second kappa shape index (κ2) is 12.0. The average molecular weight is 226 g/mol. The molecule has 0 aromatic carbocycles. The lowest BCUT2D eigenvalue weighted by Gasteiger charge is -1.98. The number of hydrogen-bond donors (Lipinski definition) is 0. The van der Waals surface area contributed by atoms with Gasteiger partial charge >= 0.3 is 5.97 Å². The molecule has 0 spiro atoms. The first-order valence-corrected chi connectivity index (χ1v) is 5.89. The Kier molecular flexibility index (Phi) is 11.2. The molecule has 0 saturated carbocycles. The van der Waals surface area contributed by atoms with Crippen molar-refractivity contribution in [1.82, 2.24) is 0 Å². The van der Waals surface area contributed by atoms with Crippen molar-refractivity contribution in [1.29, 1.82) is 0 Å². The second-order valence-corrected chi connectivity index (χ2v) is 3.29. The van der Waals surface area contributed by atoms with E-state index in [0.29, 0.717) is 6.61 Å². The van der Waals surface area contributed by atoms with Gasteiger partial charge in [-0.3, -0.25) is 0 Å². The van der Waals surface area contributed by atoms with Crippen molar-refractivity contribution < 1.29 is 14.3 Å². The molecule has 0 fully saturated rings. The monoisotopic (exact) mass is 226 g/mol. The van der Waals surface area contributed by atoms with Crippen LogP contribution in [-0.2, 0) is 14.3 Å². The van der Waals surface area contributed by atoms with Crippen LogP contribution in [0.5, 0.6) is 0 Å². The largest absolute Gasteiger partial charge is 0.463 e. The van der Waals surface area contributed by atoms with Gasteiger partial charge in [0.15, 0.2) is 0 Å². The van der Waals surface area contributed by atoms with E-state index in [-0.39, 0.29) is 5.97 Å². The maximum absolute atomic E-state index is 10.9. The van der Waals surface area contributed by atoms with Crippen molar-refractivity contribution >= 4 is 5.97 Å². The number of hydrogen-bond acceptors (Lipinski definition) is 3. The van der Waals surface area contributed by atoms with Crippen molar-refractivity contribution in [2.75, 3.05) is 19.8 Å². The van der Waals surface area contributed by atoms with E-state index in [1.165, 1.54) is 6.08 Å². The number of rotatable bonds is 9. The molecular formula is C13H22O3. The Morgan fingerprint density at radius 2 is 2.00 bits per heavy atom. The SMILES string of the molecule is CCCCOCC/C=C/C=C/C(=O)OCC. The van der Waals surface area contributed by atoms with Crippen molar-refractivity contribution in [3.8, 4) is 0 Å². The fourth-order valence-electron chi connectivity index (χ4n) is 0.999. The highest BCUT2D eigenvalue weighted by atomic mass is 16.5. The van der Waals surface area contributed by atoms with Crippen LogP contribution in [-0.4, -0.2) is 25.8 Å². The summed E-state index contributed by atoms with van der Waals surface area (Å²) in [5, 5.41) is 0. The standard InChI is InChI=1S/C13H22O3/c1-3-5-11-15-12-9-7-6-8-10-13(14)16-4-2/h6-8,10H,3-5,9,11-12H2,1-2H3/b7-6+,10-8+. The van der Waals surface area contributed by atoms with Crippen molar-refractivity contribution in [2.24, 2.45) is 0 Å². The molecule has 0 atom stereocenters. The summed E-state index contributed by atoms with van der Waals surface area (Å²) in [5.74, 6) is -0.300. The highest BCUT2D eigenvalue weighted by Crippen LogP contribution is 1.91. The van der Waals surface area contributed by atoms with Gasteiger partial charge in [-0.25, -0.2) is 4.79 Å². The lowest BCUT2D eigenvalue weighted by atomic mass is 10.3. The molecule has 0 heterocycles. The highest BCUT2D eigenvalue weighted by Gasteiger charge is 1.90. The van der Waals surface area contributed by atoms with Crippen LogP contribution in [0, 0.1) is 0 Å². The third-order valence-corrected chi connectivity index (χ3v) is 1.84. The lowest BCUT2D eigenvalue weighted by Crippen LogP contribution is -1.98. The summed E-state index contributed by atoms with van der Waals surface area (Å²) in [5.41, 5.74) is 0. The number of allylic oxidation sites excluding steroid dienone is 2. The first-order chi connectivity index (χ1) is 7.81. The van der Waals surface area contributed by atoms with Gasteiger partial charge in [-0.2, -0.15) is 0 Å². The van der Waals surface area contributed by atoms with Gasteiger partial charge in [0, 0.05) is 12.7 Å². The molecule has 0 N–H and O–H groups in total. The maximum atomic E-state index is 10.9. The van der Waals surface area contributed by atoms with Crippen LogP contribution in [0.1, 0.15) is 33.1 Å². The molecule has 0 saturated heterocycles. The summed E-state index contributed by atoms with van der Waals surface area (Å²) >= 11 is 0. The number of unbranched alkanes of at least 4 members (excludes halogenated alkanes) is 1. The number of ether oxygens (including phenoxy) is 2. The molecule has 16 heavy (non-hydrogen) atoms. The molecule has 3 nitrogen and oxygen atoms in total. The molecule has 0 aromatic rings. The molecule has 0 aliphatic heterocycles. The molecular weight excluding hydrogens is 204 g/mol. The van der Waals surface area contributed by atoms with Gasteiger partial charge in [0.2, 0.25) is 0 Å². The smallest absolute Gasteiger partial charge is 0.330 e. The molecule has 92 valence electrons. The van der Waals surface area contributed by atoms with Crippen LogP contribution < -0.4 is 0 Å². The molecule has 0 rings (SSSR count). The van der Waals surface area contributed by atoms with Crippen molar-refractivity contribution in [3.05, 3.63) is 24.3 Å². The molecule has 3 heteroatoms. The average Bonchev–Trinajstić information content (AvgIpc) is 2.27. The molecule has 0 aromatic heterocycles. The van der Waals surface area contributed by atoms with Gasteiger partial charge in [0.25, 0.3) is 0 Å². The Balaban J connectivity index is 3.36. The summed E-state index contributed by atoms with van der Waals surface area (Å²) in [4.78, 5) is 10.9. The summed E-state index contributed by atoms with van der Waals surface area (Å²) in [6.45, 7) is 5.92. The van der Waals surface area contributed by atoms with Crippen LogP contribution in [0.3, 0.4) is 0 Å². The quantitative estimate of drug-likeness (QED) is 0.262. The minimum Gasteiger partial charge on any atom is -0.463 e. The molecule has 0 radical (unpaired) electrons. The third-order valence-electron chi connectivity index (χ3n) is 1.84. The molecule has 0 amide bonds. The molecule has 0 aliphatic carbocycles. The molecule has 0 bridgehead atoms. The summed E-state index contributed by atoms with van der Waals surface area (Å²) in [6, 6.07) is 0. The van der Waals surface area contributed by atoms with Crippen LogP contribution in [0.2, 0.25) is 0 Å². The number of carbonyl (C=O) groups is 1. The minimum absolute atomic E-state index is 0.300. The van der Waals surface area contributed by atoms with Crippen LogP contribution in [0.15, 0.2) is 24.3 Å². The van der Waals surface area contributed by atoms with Crippen molar-refractivity contribution in [3.63, 3.8) is 0 Å². The highest BCUT2D eigenvalue weighted by molar-refractivity contribution is 5.82. The Morgan fingerprint density at radius 3 is 2.69 bits per heavy atom. The molecule has 0 unspecified atom stereocenters. The van der Waals surface area contributed by atoms with E-state index < -0.39 is 0 Å². The van der Waals surface area contributed by atoms with E-state index in [0.717, 1.165) is 32.5 Å². The minimum atomic E-state index is -0.300. The van der Waals surface area contributed by atoms with Gasteiger partial charge in [-0.15, -0.1) is 0 Å². The van der Waals surface area contributed by atoms with Gasteiger partial charge in [-0.1, -0.05) is 31.6 Å². The van der Waals surface area contributed by atoms with Gasteiger partial charge in [-0.05, 0) is 19.8 Å². The fraction of sp³-hybridized carbons (Fsp3) is 0.615. The summed E-state index contributed by atoms with van der Waals surface area (Å²) in [6.07, 6.45) is 10.1. The topological polar surface area (TPSA) is 35.5 Å². The fourth-order valence-corrected chi connectivity index (χ4v) is 0.999. The normalized spacial score (nSPS) is 11.4. The first-order valence-electron chi connectivity index (χ1n) is 5.89. The predicted molar refractivity (Wildman–Crippen MR) is 65.3 cm³/mol. The van der Waals surface area contributed by atoms with Crippen molar-refractivity contribution in [2.45, 2.75) is 33.1 Å². The third kappa shape index (κ3) is 11.0. The van der Waals surface area contributed by atoms with E-state index in [1.54, 1.807) is 13.0 Å². The zero-order valence-electron chi connectivity index (χ0n) is 10.3. The zero-order valence-corrected chi connectivity index (χ0v) is 10.3. The van der Waals surface area contributed by atoms with E-state index in [9.17, 15) is 4.79 Å². The lowest BCUT2D eigenvalue weighted by molar-refractivity contribution is -0.137. The van der Waals surface area contributed by atoms with E-state index >= 15 is 0 Å². The van der Waals surface area contributed by atoms with Crippen LogP contribution >= 0.6 is 0 Å². The summed E-state index contributed by atoms with van der Waals surface area (Å²) in [7, 11) is 0. The second-order valence-electron chi connectivity index (χ2n) is 3.29. The Labute approximate surface area is 98.1 Å². The van der Waals surface area contributed by atoms with E-state index in [1.807, 2.05) is 12.2 Å². The number of carbonyl (C=O) groups excluding carboxylic acids is 1.